The molecule has 1 fully saturated rings. The second-order valence-corrected chi connectivity index (χ2v) is 5.90. The molecule has 20 heavy (non-hydrogen) atoms. The van der Waals surface area contributed by atoms with Crippen molar-refractivity contribution in [2.45, 2.75) is 19.8 Å². The minimum Gasteiger partial charge on any atom is -0.381 e. The predicted octanol–water partition coefficient (Wildman–Crippen LogP) is 3.40. The molecule has 1 aliphatic heterocycles. The molecule has 1 atom stereocenters. The molecule has 1 unspecified atom stereocenters. The van der Waals surface area contributed by atoms with Crippen LogP contribution in [0.2, 0.25) is 0 Å². The van der Waals surface area contributed by atoms with Gasteiger partial charge in [-0.05, 0) is 35.7 Å². The topological polar surface area (TPSA) is 21.3 Å². The van der Waals surface area contributed by atoms with Crippen LogP contribution in [0.5, 0.6) is 0 Å². The molecule has 3 rings (SSSR count). The van der Waals surface area contributed by atoms with Crippen LogP contribution in [0.15, 0.2) is 42.5 Å². The fraction of sp³-hybridized carbons (Fsp3) is 0.444. The van der Waals surface area contributed by atoms with Gasteiger partial charge < -0.3 is 10.1 Å². The molecule has 2 heteroatoms. The summed E-state index contributed by atoms with van der Waals surface area (Å²) in [4.78, 5) is 0. The first-order valence-electron chi connectivity index (χ1n) is 7.58. The molecule has 0 aliphatic carbocycles. The number of hydrogen-bond acceptors (Lipinski definition) is 2. The normalized spacial score (nSPS) is 22.4. The maximum Gasteiger partial charge on any atom is 0.0538 e. The van der Waals surface area contributed by atoms with Gasteiger partial charge in [0, 0.05) is 18.6 Å². The van der Waals surface area contributed by atoms with Gasteiger partial charge in [-0.3, -0.25) is 0 Å². The summed E-state index contributed by atoms with van der Waals surface area (Å²) in [5.74, 6) is 0. The first kappa shape index (κ1) is 13.6. The Morgan fingerprint density at radius 2 is 2.00 bits per heavy atom. The van der Waals surface area contributed by atoms with E-state index in [4.69, 9.17) is 4.74 Å². The van der Waals surface area contributed by atoms with E-state index in [-0.39, 0.29) is 5.41 Å². The Bertz CT molecular complexity index is 567. The molecule has 1 saturated heterocycles. The van der Waals surface area contributed by atoms with Crippen LogP contribution in [0.3, 0.4) is 0 Å². The fourth-order valence-corrected chi connectivity index (χ4v) is 3.23. The van der Waals surface area contributed by atoms with Gasteiger partial charge in [0.2, 0.25) is 0 Å². The highest BCUT2D eigenvalue weighted by atomic mass is 16.5. The van der Waals surface area contributed by atoms with Crippen LogP contribution in [0.25, 0.3) is 10.8 Å². The lowest BCUT2D eigenvalue weighted by Crippen LogP contribution is -2.36. The molecule has 0 saturated carbocycles. The van der Waals surface area contributed by atoms with Crippen LogP contribution in [0, 0.1) is 5.41 Å². The zero-order valence-electron chi connectivity index (χ0n) is 12.2. The second-order valence-electron chi connectivity index (χ2n) is 5.90. The Labute approximate surface area is 121 Å². The first-order chi connectivity index (χ1) is 9.83. The zero-order valence-corrected chi connectivity index (χ0v) is 12.2. The summed E-state index contributed by atoms with van der Waals surface area (Å²) in [6.45, 7) is 6.02. The minimum atomic E-state index is 0.264. The lowest BCUT2D eigenvalue weighted by Gasteiger charge is -2.28. The molecule has 1 aliphatic rings. The lowest BCUT2D eigenvalue weighted by molar-refractivity contribution is 0.150. The molecule has 1 heterocycles. The average Bonchev–Trinajstić information content (AvgIpc) is 2.95. The van der Waals surface area contributed by atoms with Crippen molar-refractivity contribution in [2.24, 2.45) is 5.41 Å². The van der Waals surface area contributed by atoms with Crippen molar-refractivity contribution in [3.63, 3.8) is 0 Å². The average molecular weight is 269 g/mol. The van der Waals surface area contributed by atoms with Crippen molar-refractivity contribution in [1.82, 2.24) is 5.32 Å². The molecule has 0 aromatic heterocycles. The molecule has 106 valence electrons. The van der Waals surface area contributed by atoms with Crippen LogP contribution >= 0.6 is 0 Å². The summed E-state index contributed by atoms with van der Waals surface area (Å²) in [6, 6.07) is 15.3. The third kappa shape index (κ3) is 2.72. The molecule has 0 bridgehead atoms. The maximum absolute atomic E-state index is 5.70. The number of ether oxygens (including phenoxy) is 1. The number of nitrogens with one attached hydrogen (secondary N) is 1. The monoisotopic (exact) mass is 269 g/mol. The van der Waals surface area contributed by atoms with Gasteiger partial charge in [0.15, 0.2) is 0 Å². The third-order valence-electron chi connectivity index (χ3n) is 4.38. The van der Waals surface area contributed by atoms with Gasteiger partial charge in [-0.25, -0.2) is 0 Å². The Hall–Kier alpha value is -1.38. The van der Waals surface area contributed by atoms with Crippen molar-refractivity contribution in [1.29, 1.82) is 0 Å². The predicted molar refractivity (Wildman–Crippen MR) is 84.1 cm³/mol. The number of benzene rings is 2. The van der Waals surface area contributed by atoms with Gasteiger partial charge in [0.25, 0.3) is 0 Å². The Balaban J connectivity index is 1.90. The first-order valence-corrected chi connectivity index (χ1v) is 7.58. The van der Waals surface area contributed by atoms with E-state index in [1.807, 2.05) is 0 Å². The van der Waals surface area contributed by atoms with E-state index in [1.165, 1.54) is 16.3 Å². The van der Waals surface area contributed by atoms with Gasteiger partial charge >= 0.3 is 0 Å². The van der Waals surface area contributed by atoms with Gasteiger partial charge in [0.1, 0.15) is 0 Å². The molecule has 1 N–H and O–H groups in total. The highest BCUT2D eigenvalue weighted by molar-refractivity contribution is 5.85. The van der Waals surface area contributed by atoms with Gasteiger partial charge in [-0.2, -0.15) is 0 Å². The van der Waals surface area contributed by atoms with E-state index >= 15 is 0 Å². The lowest BCUT2D eigenvalue weighted by atomic mass is 9.79. The molecule has 2 nitrogen and oxygen atoms in total. The molecule has 0 spiro atoms. The second kappa shape index (κ2) is 5.94. The SMILES string of the molecule is CCNCC1(Cc2cccc3ccccc23)CCOC1. The van der Waals surface area contributed by atoms with E-state index < -0.39 is 0 Å². The van der Waals surface area contributed by atoms with Gasteiger partial charge in [-0.1, -0.05) is 49.4 Å². The summed E-state index contributed by atoms with van der Waals surface area (Å²) < 4.78 is 5.70. The molecule has 2 aromatic carbocycles. The van der Waals surface area contributed by atoms with E-state index in [0.717, 1.165) is 39.1 Å². The van der Waals surface area contributed by atoms with Crippen molar-refractivity contribution in [3.05, 3.63) is 48.0 Å². The zero-order chi connectivity index (χ0) is 13.8. The van der Waals surface area contributed by atoms with Crippen molar-refractivity contribution >= 4 is 10.8 Å². The summed E-state index contributed by atoms with van der Waals surface area (Å²) in [6.07, 6.45) is 2.25. The van der Waals surface area contributed by atoms with Crippen molar-refractivity contribution in [3.8, 4) is 0 Å². The van der Waals surface area contributed by atoms with Crippen LogP contribution in [-0.2, 0) is 11.2 Å². The molecule has 0 amide bonds. The summed E-state index contributed by atoms with van der Waals surface area (Å²) in [5, 5.41) is 6.24. The van der Waals surface area contributed by atoms with Crippen molar-refractivity contribution in [2.75, 3.05) is 26.3 Å². The standard InChI is InChI=1S/C18H23NO/c1-2-19-13-18(10-11-20-14-18)12-16-8-5-7-15-6-3-4-9-17(15)16/h3-9,19H,2,10-14H2,1H3. The highest BCUT2D eigenvalue weighted by Crippen LogP contribution is 2.34. The van der Waals surface area contributed by atoms with Gasteiger partial charge in [0.05, 0.1) is 6.61 Å². The van der Waals surface area contributed by atoms with Crippen molar-refractivity contribution < 1.29 is 4.74 Å². The highest BCUT2D eigenvalue weighted by Gasteiger charge is 2.34. The Morgan fingerprint density at radius 1 is 1.15 bits per heavy atom. The quantitative estimate of drug-likeness (QED) is 0.898. The number of fused-ring (bicyclic) bond motifs is 1. The molecular weight excluding hydrogens is 246 g/mol. The van der Waals surface area contributed by atoms with Crippen LogP contribution in [-0.4, -0.2) is 26.3 Å². The third-order valence-corrected chi connectivity index (χ3v) is 4.38. The summed E-state index contributed by atoms with van der Waals surface area (Å²) in [7, 11) is 0. The largest absolute Gasteiger partial charge is 0.381 e. The smallest absolute Gasteiger partial charge is 0.0538 e. The molecular formula is C18H23NO. The Kier molecular flexibility index (Phi) is 4.04. The molecule has 2 aromatic rings. The number of hydrogen-bond donors (Lipinski definition) is 1. The summed E-state index contributed by atoms with van der Waals surface area (Å²) in [5.41, 5.74) is 1.71. The molecule has 0 radical (unpaired) electrons. The van der Waals surface area contributed by atoms with E-state index in [1.54, 1.807) is 0 Å². The maximum atomic E-state index is 5.70. The van der Waals surface area contributed by atoms with Crippen LogP contribution in [0.1, 0.15) is 18.9 Å². The fourth-order valence-electron chi connectivity index (χ4n) is 3.23. The van der Waals surface area contributed by atoms with E-state index in [2.05, 4.69) is 54.7 Å². The van der Waals surface area contributed by atoms with Crippen LogP contribution in [0.4, 0.5) is 0 Å². The Morgan fingerprint density at radius 3 is 2.80 bits per heavy atom. The van der Waals surface area contributed by atoms with E-state index in [0.29, 0.717) is 0 Å². The number of rotatable bonds is 5. The van der Waals surface area contributed by atoms with Crippen LogP contribution < -0.4 is 5.32 Å². The summed E-state index contributed by atoms with van der Waals surface area (Å²) >= 11 is 0. The van der Waals surface area contributed by atoms with Gasteiger partial charge in [-0.15, -0.1) is 0 Å². The minimum absolute atomic E-state index is 0.264. The van der Waals surface area contributed by atoms with E-state index in [9.17, 15) is 0 Å².